The van der Waals surface area contributed by atoms with Crippen LogP contribution in [0.3, 0.4) is 0 Å². The molecule has 46 valence electrons. The highest BCUT2D eigenvalue weighted by Crippen LogP contribution is 2.25. The molecule has 1 heteroatoms. The molecule has 1 rings (SSSR count). The van der Waals surface area contributed by atoms with Crippen molar-refractivity contribution in [3.63, 3.8) is 0 Å². The lowest BCUT2D eigenvalue weighted by Crippen LogP contribution is -1.98. The van der Waals surface area contributed by atoms with Crippen molar-refractivity contribution in [2.75, 3.05) is 0 Å². The SMILES string of the molecule is C[C@H]1CC(=O)[C@H](C)C1. The summed E-state index contributed by atoms with van der Waals surface area (Å²) in [5, 5.41) is 0. The first-order chi connectivity index (χ1) is 3.70. The minimum atomic E-state index is 0.352. The third kappa shape index (κ3) is 0.908. The third-order valence-corrected chi connectivity index (χ3v) is 1.86. The Morgan fingerprint density at radius 3 is 2.25 bits per heavy atom. The lowest BCUT2D eigenvalue weighted by molar-refractivity contribution is -0.120. The number of carbonyl (C=O) groups is 1. The van der Waals surface area contributed by atoms with E-state index in [1.807, 2.05) is 6.92 Å². The summed E-state index contributed by atoms with van der Waals surface area (Å²) in [4.78, 5) is 10.8. The molecule has 0 aliphatic heterocycles. The highest BCUT2D eigenvalue weighted by Gasteiger charge is 2.25. The van der Waals surface area contributed by atoms with Gasteiger partial charge >= 0.3 is 0 Å². The van der Waals surface area contributed by atoms with Crippen LogP contribution in [0.1, 0.15) is 26.7 Å². The molecule has 1 fully saturated rings. The zero-order valence-corrected chi connectivity index (χ0v) is 5.48. The third-order valence-electron chi connectivity index (χ3n) is 1.86. The molecule has 0 aromatic rings. The highest BCUT2D eigenvalue weighted by molar-refractivity contribution is 5.82. The van der Waals surface area contributed by atoms with Crippen molar-refractivity contribution in [2.24, 2.45) is 11.8 Å². The van der Waals surface area contributed by atoms with Gasteiger partial charge in [-0.3, -0.25) is 4.79 Å². The first kappa shape index (κ1) is 5.80. The fraction of sp³-hybridized carbons (Fsp3) is 0.857. The Kier molecular flexibility index (Phi) is 1.37. The molecular formula is C7H12O. The molecule has 0 N–H and O–H groups in total. The molecule has 8 heavy (non-hydrogen) atoms. The molecular weight excluding hydrogens is 100 g/mol. The maximum Gasteiger partial charge on any atom is 0.135 e. The Bertz CT molecular complexity index is 107. The van der Waals surface area contributed by atoms with Gasteiger partial charge in [0.2, 0.25) is 0 Å². The molecule has 1 saturated carbocycles. The van der Waals surface area contributed by atoms with Crippen molar-refractivity contribution < 1.29 is 4.79 Å². The summed E-state index contributed by atoms with van der Waals surface area (Å²) < 4.78 is 0. The second-order valence-corrected chi connectivity index (χ2v) is 2.91. The lowest BCUT2D eigenvalue weighted by Gasteiger charge is -1.94. The van der Waals surface area contributed by atoms with E-state index in [0.717, 1.165) is 12.8 Å². The van der Waals surface area contributed by atoms with Crippen LogP contribution < -0.4 is 0 Å². The number of ketones is 1. The summed E-state index contributed by atoms with van der Waals surface area (Å²) in [7, 11) is 0. The number of rotatable bonds is 0. The summed E-state index contributed by atoms with van der Waals surface area (Å²) in [5.41, 5.74) is 0. The van der Waals surface area contributed by atoms with Crippen LogP contribution in [-0.2, 0) is 4.79 Å². The first-order valence-electron chi connectivity index (χ1n) is 3.23. The van der Waals surface area contributed by atoms with Crippen LogP contribution in [0.4, 0.5) is 0 Å². The van der Waals surface area contributed by atoms with Crippen LogP contribution in [0.25, 0.3) is 0 Å². The molecule has 0 spiro atoms. The van der Waals surface area contributed by atoms with Gasteiger partial charge < -0.3 is 0 Å². The van der Waals surface area contributed by atoms with Gasteiger partial charge in [0.25, 0.3) is 0 Å². The Labute approximate surface area is 50.1 Å². The summed E-state index contributed by atoms with van der Waals surface area (Å²) in [6.45, 7) is 4.16. The van der Waals surface area contributed by atoms with Crippen molar-refractivity contribution in [2.45, 2.75) is 26.7 Å². The van der Waals surface area contributed by atoms with Crippen molar-refractivity contribution in [1.29, 1.82) is 0 Å². The monoisotopic (exact) mass is 112 g/mol. The standard InChI is InChI=1S/C7H12O/c1-5-3-6(2)7(8)4-5/h5-6H,3-4H2,1-2H3/t5-,6-/m1/s1. The molecule has 0 saturated heterocycles. The summed E-state index contributed by atoms with van der Waals surface area (Å²) in [6, 6.07) is 0. The predicted molar refractivity (Wildman–Crippen MR) is 32.6 cm³/mol. The molecule has 2 atom stereocenters. The minimum absolute atomic E-state index is 0.352. The normalized spacial score (nSPS) is 38.5. The van der Waals surface area contributed by atoms with Crippen LogP contribution in [0.15, 0.2) is 0 Å². The maximum absolute atomic E-state index is 10.8. The van der Waals surface area contributed by atoms with E-state index in [9.17, 15) is 4.79 Å². The maximum atomic E-state index is 10.8. The summed E-state index contributed by atoms with van der Waals surface area (Å²) >= 11 is 0. The van der Waals surface area contributed by atoms with Gasteiger partial charge in [-0.25, -0.2) is 0 Å². The average Bonchev–Trinajstić information content (AvgIpc) is 1.85. The molecule has 0 aromatic carbocycles. The summed E-state index contributed by atoms with van der Waals surface area (Å²) in [5.74, 6) is 1.46. The van der Waals surface area contributed by atoms with Gasteiger partial charge in [0, 0.05) is 12.3 Å². The number of carbonyl (C=O) groups excluding carboxylic acids is 1. The molecule has 0 bridgehead atoms. The molecule has 0 aromatic heterocycles. The second kappa shape index (κ2) is 1.88. The number of hydrogen-bond donors (Lipinski definition) is 0. The van der Waals surface area contributed by atoms with Crippen LogP contribution >= 0.6 is 0 Å². The van der Waals surface area contributed by atoms with Crippen LogP contribution in [0.2, 0.25) is 0 Å². The van der Waals surface area contributed by atoms with Gasteiger partial charge in [0.05, 0.1) is 0 Å². The van der Waals surface area contributed by atoms with Crippen molar-refractivity contribution in [3.05, 3.63) is 0 Å². The van der Waals surface area contributed by atoms with Crippen molar-refractivity contribution >= 4 is 5.78 Å². The molecule has 0 unspecified atom stereocenters. The van der Waals surface area contributed by atoms with Gasteiger partial charge in [-0.1, -0.05) is 13.8 Å². The zero-order valence-electron chi connectivity index (χ0n) is 5.48. The number of Topliss-reactive ketones (excluding diaryl/α,β-unsaturated/α-hetero) is 1. The average molecular weight is 112 g/mol. The van der Waals surface area contributed by atoms with E-state index < -0.39 is 0 Å². The first-order valence-corrected chi connectivity index (χ1v) is 3.23. The Morgan fingerprint density at radius 1 is 1.50 bits per heavy atom. The molecule has 0 heterocycles. The van der Waals surface area contributed by atoms with E-state index >= 15 is 0 Å². The van der Waals surface area contributed by atoms with Crippen molar-refractivity contribution in [3.8, 4) is 0 Å². The van der Waals surface area contributed by atoms with Gasteiger partial charge in [0.15, 0.2) is 0 Å². The fourth-order valence-corrected chi connectivity index (χ4v) is 1.36. The largest absolute Gasteiger partial charge is 0.299 e. The van der Waals surface area contributed by atoms with E-state index in [0.29, 0.717) is 17.6 Å². The highest BCUT2D eigenvalue weighted by atomic mass is 16.1. The predicted octanol–water partition coefficient (Wildman–Crippen LogP) is 1.62. The number of hydrogen-bond acceptors (Lipinski definition) is 1. The van der Waals surface area contributed by atoms with E-state index in [2.05, 4.69) is 6.92 Å². The molecule has 0 radical (unpaired) electrons. The molecule has 1 aliphatic carbocycles. The van der Waals surface area contributed by atoms with E-state index in [1.165, 1.54) is 0 Å². The minimum Gasteiger partial charge on any atom is -0.299 e. The topological polar surface area (TPSA) is 17.1 Å². The van der Waals surface area contributed by atoms with Crippen LogP contribution in [0.5, 0.6) is 0 Å². The van der Waals surface area contributed by atoms with Crippen LogP contribution in [0, 0.1) is 11.8 Å². The summed E-state index contributed by atoms with van der Waals surface area (Å²) in [6.07, 6.45) is 1.93. The van der Waals surface area contributed by atoms with E-state index in [4.69, 9.17) is 0 Å². The van der Waals surface area contributed by atoms with E-state index in [1.54, 1.807) is 0 Å². The van der Waals surface area contributed by atoms with Gasteiger partial charge in [-0.15, -0.1) is 0 Å². The van der Waals surface area contributed by atoms with Crippen molar-refractivity contribution in [1.82, 2.24) is 0 Å². The van der Waals surface area contributed by atoms with E-state index in [-0.39, 0.29) is 0 Å². The molecule has 0 amide bonds. The van der Waals surface area contributed by atoms with Gasteiger partial charge in [-0.2, -0.15) is 0 Å². The lowest BCUT2D eigenvalue weighted by atomic mass is 10.1. The van der Waals surface area contributed by atoms with Gasteiger partial charge in [0.1, 0.15) is 5.78 Å². The van der Waals surface area contributed by atoms with Crippen LogP contribution in [-0.4, -0.2) is 5.78 Å². The van der Waals surface area contributed by atoms with Gasteiger partial charge in [-0.05, 0) is 12.3 Å². The fourth-order valence-electron chi connectivity index (χ4n) is 1.36. The zero-order chi connectivity index (χ0) is 6.15. The Morgan fingerprint density at radius 2 is 2.12 bits per heavy atom. The second-order valence-electron chi connectivity index (χ2n) is 2.91. The molecule has 1 aliphatic rings. The Balaban J connectivity index is 2.51. The smallest absolute Gasteiger partial charge is 0.135 e. The Hall–Kier alpha value is -0.330. The molecule has 1 nitrogen and oxygen atoms in total. The quantitative estimate of drug-likeness (QED) is 0.465.